The number of rotatable bonds is 4. The van der Waals surface area contributed by atoms with E-state index < -0.39 is 5.63 Å². The molecule has 0 saturated heterocycles. The van der Waals surface area contributed by atoms with Crippen LogP contribution in [0.2, 0.25) is 0 Å². The Balaban J connectivity index is 1.58. The van der Waals surface area contributed by atoms with Crippen LogP contribution < -0.4 is 15.7 Å². The molecule has 0 bridgehead atoms. The molecule has 29 heavy (non-hydrogen) atoms. The molecule has 1 aromatic heterocycles. The number of amides is 1. The minimum atomic E-state index is -0.403. The van der Waals surface area contributed by atoms with Gasteiger partial charge in [-0.15, -0.1) is 0 Å². The standard InChI is InChI=1S/C24H21NO4/c1-14-10-23(26)29-22-13-19(7-9-21(14)22)25-24(27)15(2)16-4-5-18-12-20(28-3)8-6-17(18)11-16/h4-13,15H,1-3H3,(H,25,27)/t15-/m1/s1. The molecule has 0 aliphatic heterocycles. The zero-order valence-corrected chi connectivity index (χ0v) is 16.5. The molecule has 4 aromatic rings. The van der Waals surface area contributed by atoms with Crippen molar-refractivity contribution in [3.8, 4) is 5.75 Å². The summed E-state index contributed by atoms with van der Waals surface area (Å²) in [5.41, 5.74) is 2.41. The Kier molecular flexibility index (Phi) is 4.80. The molecule has 0 aliphatic rings. The van der Waals surface area contributed by atoms with Crippen molar-refractivity contribution in [1.82, 2.24) is 0 Å². The maximum absolute atomic E-state index is 12.8. The highest BCUT2D eigenvalue weighted by Crippen LogP contribution is 2.27. The maximum atomic E-state index is 12.8. The minimum absolute atomic E-state index is 0.132. The molecular formula is C24H21NO4. The van der Waals surface area contributed by atoms with Crippen molar-refractivity contribution < 1.29 is 13.9 Å². The molecule has 0 unspecified atom stereocenters. The minimum Gasteiger partial charge on any atom is -0.497 e. The number of carbonyl (C=O) groups excluding carboxylic acids is 1. The summed E-state index contributed by atoms with van der Waals surface area (Å²) < 4.78 is 10.5. The van der Waals surface area contributed by atoms with Gasteiger partial charge < -0.3 is 14.5 Å². The first-order valence-electron chi connectivity index (χ1n) is 9.38. The van der Waals surface area contributed by atoms with E-state index in [1.807, 2.05) is 62.4 Å². The first kappa shape index (κ1) is 18.7. The van der Waals surface area contributed by atoms with Gasteiger partial charge in [0.05, 0.1) is 13.0 Å². The lowest BCUT2D eigenvalue weighted by molar-refractivity contribution is -0.117. The molecule has 1 atom stereocenters. The predicted molar refractivity (Wildman–Crippen MR) is 115 cm³/mol. The summed E-state index contributed by atoms with van der Waals surface area (Å²) in [4.78, 5) is 24.4. The Hall–Kier alpha value is -3.60. The molecule has 0 saturated carbocycles. The third-order valence-electron chi connectivity index (χ3n) is 5.18. The molecule has 0 aliphatic carbocycles. The van der Waals surface area contributed by atoms with E-state index in [1.165, 1.54) is 6.07 Å². The van der Waals surface area contributed by atoms with Crippen molar-refractivity contribution in [1.29, 1.82) is 0 Å². The van der Waals surface area contributed by atoms with E-state index in [2.05, 4.69) is 5.32 Å². The molecule has 4 rings (SSSR count). The molecule has 0 radical (unpaired) electrons. The number of aryl methyl sites for hydroxylation is 1. The fraction of sp³-hybridized carbons (Fsp3) is 0.167. The second-order valence-corrected chi connectivity index (χ2v) is 7.14. The largest absolute Gasteiger partial charge is 0.497 e. The summed E-state index contributed by atoms with van der Waals surface area (Å²) in [7, 11) is 1.64. The van der Waals surface area contributed by atoms with Gasteiger partial charge in [-0.2, -0.15) is 0 Å². The van der Waals surface area contributed by atoms with E-state index in [1.54, 1.807) is 13.2 Å². The first-order chi connectivity index (χ1) is 13.9. The van der Waals surface area contributed by atoms with Crippen LogP contribution in [0.1, 0.15) is 24.0 Å². The SMILES string of the molecule is COc1ccc2cc([C@@H](C)C(=O)Nc3ccc4c(C)cc(=O)oc4c3)ccc2c1. The molecule has 5 heteroatoms. The number of hydrogen-bond acceptors (Lipinski definition) is 4. The molecule has 146 valence electrons. The van der Waals surface area contributed by atoms with E-state index in [0.717, 1.165) is 33.0 Å². The van der Waals surface area contributed by atoms with Crippen molar-refractivity contribution in [3.63, 3.8) is 0 Å². The van der Waals surface area contributed by atoms with Crippen molar-refractivity contribution in [2.24, 2.45) is 0 Å². The summed E-state index contributed by atoms with van der Waals surface area (Å²) in [5, 5.41) is 5.87. The second-order valence-electron chi connectivity index (χ2n) is 7.14. The van der Waals surface area contributed by atoms with Crippen LogP contribution in [0.25, 0.3) is 21.7 Å². The molecule has 0 fully saturated rings. The van der Waals surface area contributed by atoms with Gasteiger partial charge in [0.2, 0.25) is 5.91 Å². The summed E-state index contributed by atoms with van der Waals surface area (Å²) in [6.07, 6.45) is 0. The van der Waals surface area contributed by atoms with Crippen molar-refractivity contribution in [2.75, 3.05) is 12.4 Å². The molecule has 3 aromatic carbocycles. The van der Waals surface area contributed by atoms with Crippen LogP contribution in [0.5, 0.6) is 5.75 Å². The van der Waals surface area contributed by atoms with Gasteiger partial charge in [0.25, 0.3) is 0 Å². The van der Waals surface area contributed by atoms with Crippen LogP contribution in [-0.2, 0) is 4.79 Å². The highest BCUT2D eigenvalue weighted by atomic mass is 16.5. The van der Waals surface area contributed by atoms with E-state index in [0.29, 0.717) is 11.3 Å². The second kappa shape index (κ2) is 7.43. The van der Waals surface area contributed by atoms with E-state index in [9.17, 15) is 9.59 Å². The van der Waals surface area contributed by atoms with E-state index in [4.69, 9.17) is 9.15 Å². The van der Waals surface area contributed by atoms with Gasteiger partial charge in [-0.25, -0.2) is 4.79 Å². The molecule has 0 spiro atoms. The quantitative estimate of drug-likeness (QED) is 0.500. The molecule has 1 amide bonds. The zero-order chi connectivity index (χ0) is 20.5. The van der Waals surface area contributed by atoms with Crippen LogP contribution in [-0.4, -0.2) is 13.0 Å². The van der Waals surface area contributed by atoms with Crippen LogP contribution in [0.4, 0.5) is 5.69 Å². The fourth-order valence-electron chi connectivity index (χ4n) is 3.44. The van der Waals surface area contributed by atoms with Gasteiger partial charge in [0.1, 0.15) is 11.3 Å². The highest BCUT2D eigenvalue weighted by Gasteiger charge is 2.16. The van der Waals surface area contributed by atoms with Crippen LogP contribution in [0, 0.1) is 6.92 Å². The van der Waals surface area contributed by atoms with Gasteiger partial charge in [-0.1, -0.05) is 24.3 Å². The molecule has 1 heterocycles. The Labute approximate surface area is 167 Å². The lowest BCUT2D eigenvalue weighted by atomic mass is 9.97. The van der Waals surface area contributed by atoms with Gasteiger partial charge in [0.15, 0.2) is 0 Å². The number of methoxy groups -OCH3 is 1. The number of anilines is 1. The summed E-state index contributed by atoms with van der Waals surface area (Å²) in [5.74, 6) is 0.322. The summed E-state index contributed by atoms with van der Waals surface area (Å²) in [6, 6.07) is 18.6. The highest BCUT2D eigenvalue weighted by molar-refractivity contribution is 5.98. The average Bonchev–Trinajstić information content (AvgIpc) is 2.71. The van der Waals surface area contributed by atoms with Crippen LogP contribution in [0.15, 0.2) is 69.9 Å². The Morgan fingerprint density at radius 2 is 1.76 bits per heavy atom. The lowest BCUT2D eigenvalue weighted by Gasteiger charge is -2.14. The average molecular weight is 387 g/mol. The smallest absolute Gasteiger partial charge is 0.336 e. The van der Waals surface area contributed by atoms with Crippen LogP contribution >= 0.6 is 0 Å². The van der Waals surface area contributed by atoms with Crippen LogP contribution in [0.3, 0.4) is 0 Å². The number of fused-ring (bicyclic) bond motifs is 2. The van der Waals surface area contributed by atoms with Crippen molar-refractivity contribution in [2.45, 2.75) is 19.8 Å². The number of carbonyl (C=O) groups is 1. The number of nitrogens with one attached hydrogen (secondary N) is 1. The topological polar surface area (TPSA) is 68.5 Å². The Morgan fingerprint density at radius 1 is 1.00 bits per heavy atom. The maximum Gasteiger partial charge on any atom is 0.336 e. The van der Waals surface area contributed by atoms with Gasteiger partial charge in [0, 0.05) is 23.2 Å². The zero-order valence-electron chi connectivity index (χ0n) is 16.5. The van der Waals surface area contributed by atoms with Crippen molar-refractivity contribution in [3.05, 3.63) is 82.2 Å². The molecule has 5 nitrogen and oxygen atoms in total. The normalized spacial score (nSPS) is 12.1. The molecular weight excluding hydrogens is 366 g/mol. The number of benzene rings is 3. The van der Waals surface area contributed by atoms with Gasteiger partial charge in [-0.3, -0.25) is 4.79 Å². The van der Waals surface area contributed by atoms with Gasteiger partial charge in [-0.05, 0) is 60.0 Å². The van der Waals surface area contributed by atoms with E-state index in [-0.39, 0.29) is 11.8 Å². The third kappa shape index (κ3) is 3.72. The first-order valence-corrected chi connectivity index (χ1v) is 9.38. The monoisotopic (exact) mass is 387 g/mol. The van der Waals surface area contributed by atoms with E-state index >= 15 is 0 Å². The number of ether oxygens (including phenoxy) is 1. The predicted octanol–water partition coefficient (Wildman–Crippen LogP) is 5.01. The Bertz CT molecular complexity index is 1290. The lowest BCUT2D eigenvalue weighted by Crippen LogP contribution is -2.18. The fourth-order valence-corrected chi connectivity index (χ4v) is 3.44. The molecule has 1 N–H and O–H groups in total. The van der Waals surface area contributed by atoms with Gasteiger partial charge >= 0.3 is 5.63 Å². The Morgan fingerprint density at radius 3 is 2.55 bits per heavy atom. The summed E-state index contributed by atoms with van der Waals surface area (Å²) >= 11 is 0. The summed E-state index contributed by atoms with van der Waals surface area (Å²) in [6.45, 7) is 3.72. The third-order valence-corrected chi connectivity index (χ3v) is 5.18. The number of hydrogen-bond donors (Lipinski definition) is 1. The van der Waals surface area contributed by atoms with Crippen molar-refractivity contribution >= 4 is 33.3 Å².